The number of alkyl halides is 3. The van der Waals surface area contributed by atoms with Crippen LogP contribution in [0, 0.1) is 0 Å². The average molecular weight is 234 g/mol. The molecular weight excluding hydrogens is 225 g/mol. The fourth-order valence-corrected chi connectivity index (χ4v) is 0.968. The predicted molar refractivity (Wildman–Crippen MR) is 50.1 cm³/mol. The van der Waals surface area contributed by atoms with Crippen molar-refractivity contribution in [2.75, 3.05) is 19.0 Å². The number of ether oxygens (including phenoxy) is 1. The van der Waals surface area contributed by atoms with Crippen LogP contribution in [0.2, 0.25) is 0 Å². The molecule has 0 aliphatic rings. The lowest BCUT2D eigenvalue weighted by atomic mass is 10.2. The molecule has 1 heterocycles. The summed E-state index contributed by atoms with van der Waals surface area (Å²) in [6, 6.07) is 1.24. The Labute approximate surface area is 89.4 Å². The Balaban J connectivity index is 2.71. The topological polar surface area (TPSA) is 51.2 Å². The molecule has 0 bridgehead atoms. The number of halogens is 3. The minimum atomic E-state index is -4.32. The van der Waals surface area contributed by atoms with Crippen LogP contribution < -0.4 is 5.32 Å². The van der Waals surface area contributed by atoms with Crippen molar-refractivity contribution in [2.24, 2.45) is 0 Å². The third-order valence-electron chi connectivity index (χ3n) is 1.65. The normalized spacial score (nSPS) is 11.0. The zero-order valence-electron chi connectivity index (χ0n) is 8.34. The molecule has 0 radical (unpaired) electrons. The summed E-state index contributed by atoms with van der Waals surface area (Å²) in [4.78, 5) is 14.7. The number of rotatable bonds is 3. The molecule has 0 atom stereocenters. The molecule has 1 aromatic rings. The lowest BCUT2D eigenvalue weighted by Gasteiger charge is -2.09. The molecule has 0 amide bonds. The number of methoxy groups -OCH3 is 1. The van der Waals surface area contributed by atoms with E-state index in [-0.39, 0.29) is 11.3 Å². The summed E-state index contributed by atoms with van der Waals surface area (Å²) in [5.74, 6) is -0.650. The van der Waals surface area contributed by atoms with E-state index in [2.05, 4.69) is 15.0 Å². The molecule has 7 heteroatoms. The van der Waals surface area contributed by atoms with Gasteiger partial charge in [0.2, 0.25) is 0 Å². The Morgan fingerprint density at radius 2 is 2.19 bits per heavy atom. The molecule has 0 spiro atoms. The Morgan fingerprint density at radius 3 is 2.75 bits per heavy atom. The first kappa shape index (κ1) is 12.3. The van der Waals surface area contributed by atoms with Gasteiger partial charge in [0.1, 0.15) is 6.54 Å². The lowest BCUT2D eigenvalue weighted by molar-refractivity contribution is -0.115. The van der Waals surface area contributed by atoms with Crippen LogP contribution in [-0.4, -0.2) is 30.8 Å². The van der Waals surface area contributed by atoms with Crippen LogP contribution in [0.5, 0.6) is 0 Å². The number of hydrogen-bond acceptors (Lipinski definition) is 4. The van der Waals surface area contributed by atoms with Crippen molar-refractivity contribution < 1.29 is 22.7 Å². The van der Waals surface area contributed by atoms with E-state index in [1.807, 2.05) is 0 Å². The summed E-state index contributed by atoms with van der Waals surface area (Å²) < 4.78 is 40.1. The zero-order chi connectivity index (χ0) is 12.2. The van der Waals surface area contributed by atoms with Crippen LogP contribution in [0.3, 0.4) is 0 Å². The minimum Gasteiger partial charge on any atom is -0.465 e. The Bertz CT molecular complexity index is 379. The number of carbonyl (C=O) groups is 1. The molecule has 1 aromatic heterocycles. The molecule has 0 aromatic carbocycles. The molecule has 88 valence electrons. The molecular formula is C9H9F3N2O2. The van der Waals surface area contributed by atoms with E-state index in [0.29, 0.717) is 0 Å². The van der Waals surface area contributed by atoms with Crippen LogP contribution in [0.15, 0.2) is 18.5 Å². The van der Waals surface area contributed by atoms with Gasteiger partial charge in [0.25, 0.3) is 0 Å². The van der Waals surface area contributed by atoms with Crippen molar-refractivity contribution in [3.05, 3.63) is 24.0 Å². The molecule has 1 rings (SSSR count). The number of nitrogens with zero attached hydrogens (tertiary/aromatic N) is 1. The maximum atomic E-state index is 11.9. The van der Waals surface area contributed by atoms with Gasteiger partial charge in [-0.15, -0.1) is 0 Å². The van der Waals surface area contributed by atoms with Crippen molar-refractivity contribution >= 4 is 11.7 Å². The second-order valence-corrected chi connectivity index (χ2v) is 2.92. The van der Waals surface area contributed by atoms with Crippen molar-refractivity contribution in [3.63, 3.8) is 0 Å². The number of carbonyl (C=O) groups excluding carboxylic acids is 1. The molecule has 0 aliphatic heterocycles. The van der Waals surface area contributed by atoms with Gasteiger partial charge in [-0.05, 0) is 6.07 Å². The van der Waals surface area contributed by atoms with Crippen LogP contribution in [0.4, 0.5) is 18.9 Å². The van der Waals surface area contributed by atoms with Gasteiger partial charge in [0.05, 0.1) is 18.4 Å². The Morgan fingerprint density at radius 1 is 1.50 bits per heavy atom. The molecule has 0 unspecified atom stereocenters. The highest BCUT2D eigenvalue weighted by Crippen LogP contribution is 2.16. The molecule has 1 N–H and O–H groups in total. The summed E-state index contributed by atoms with van der Waals surface area (Å²) >= 11 is 0. The van der Waals surface area contributed by atoms with E-state index < -0.39 is 18.7 Å². The first-order chi connectivity index (χ1) is 7.42. The number of hydrogen-bond donors (Lipinski definition) is 1. The summed E-state index contributed by atoms with van der Waals surface area (Å²) in [5, 5.41) is 2.11. The van der Waals surface area contributed by atoms with Crippen molar-refractivity contribution in [3.8, 4) is 0 Å². The third kappa shape index (κ3) is 3.76. The Kier molecular flexibility index (Phi) is 3.70. The number of aromatic nitrogens is 1. The summed E-state index contributed by atoms with van der Waals surface area (Å²) in [6.07, 6.45) is -1.91. The standard InChI is InChI=1S/C9H9F3N2O2/c1-16-8(15)6-2-7(4-13-3-6)14-5-9(10,11)12/h2-4,14H,5H2,1H3. The maximum Gasteiger partial charge on any atom is 0.405 e. The van der Waals surface area contributed by atoms with Gasteiger partial charge in [-0.1, -0.05) is 0 Å². The molecule has 0 aliphatic carbocycles. The summed E-state index contributed by atoms with van der Waals surface area (Å²) in [6.45, 7) is -1.18. The van der Waals surface area contributed by atoms with Gasteiger partial charge in [-0.2, -0.15) is 13.2 Å². The van der Waals surface area contributed by atoms with E-state index in [1.54, 1.807) is 0 Å². The second kappa shape index (κ2) is 4.82. The van der Waals surface area contributed by atoms with Gasteiger partial charge in [-0.3, -0.25) is 4.98 Å². The highest BCUT2D eigenvalue weighted by molar-refractivity contribution is 5.89. The number of pyridine rings is 1. The predicted octanol–water partition coefficient (Wildman–Crippen LogP) is 1.84. The number of nitrogens with one attached hydrogen (secondary N) is 1. The van der Waals surface area contributed by atoms with Gasteiger partial charge in [0, 0.05) is 12.4 Å². The highest BCUT2D eigenvalue weighted by atomic mass is 19.4. The maximum absolute atomic E-state index is 11.9. The molecule has 0 saturated carbocycles. The van der Waals surface area contributed by atoms with E-state index in [9.17, 15) is 18.0 Å². The van der Waals surface area contributed by atoms with E-state index >= 15 is 0 Å². The van der Waals surface area contributed by atoms with Crippen LogP contribution in [-0.2, 0) is 4.74 Å². The molecule has 4 nitrogen and oxygen atoms in total. The molecule has 16 heavy (non-hydrogen) atoms. The SMILES string of the molecule is COC(=O)c1cncc(NCC(F)(F)F)c1. The van der Waals surface area contributed by atoms with E-state index in [1.165, 1.54) is 25.6 Å². The largest absolute Gasteiger partial charge is 0.465 e. The first-order valence-electron chi connectivity index (χ1n) is 4.26. The van der Waals surface area contributed by atoms with Crippen LogP contribution >= 0.6 is 0 Å². The lowest BCUT2D eigenvalue weighted by Crippen LogP contribution is -2.21. The summed E-state index contributed by atoms with van der Waals surface area (Å²) in [7, 11) is 1.18. The van der Waals surface area contributed by atoms with Gasteiger partial charge >= 0.3 is 12.1 Å². The van der Waals surface area contributed by atoms with Crippen molar-refractivity contribution in [2.45, 2.75) is 6.18 Å². The van der Waals surface area contributed by atoms with Crippen LogP contribution in [0.1, 0.15) is 10.4 Å². The fourth-order valence-electron chi connectivity index (χ4n) is 0.968. The van der Waals surface area contributed by atoms with Gasteiger partial charge < -0.3 is 10.1 Å². The summed E-state index contributed by atoms with van der Waals surface area (Å²) in [5.41, 5.74) is 0.204. The van der Waals surface area contributed by atoms with E-state index in [4.69, 9.17) is 0 Å². The average Bonchev–Trinajstić information content (AvgIpc) is 2.25. The smallest absolute Gasteiger partial charge is 0.405 e. The number of anilines is 1. The van der Waals surface area contributed by atoms with E-state index in [0.717, 1.165) is 0 Å². The third-order valence-corrected chi connectivity index (χ3v) is 1.65. The number of esters is 1. The Hall–Kier alpha value is -1.79. The van der Waals surface area contributed by atoms with Gasteiger partial charge in [-0.25, -0.2) is 4.79 Å². The molecule has 0 saturated heterocycles. The minimum absolute atomic E-state index is 0.0923. The van der Waals surface area contributed by atoms with Crippen LogP contribution in [0.25, 0.3) is 0 Å². The van der Waals surface area contributed by atoms with Gasteiger partial charge in [0.15, 0.2) is 0 Å². The fraction of sp³-hybridized carbons (Fsp3) is 0.333. The second-order valence-electron chi connectivity index (χ2n) is 2.92. The highest BCUT2D eigenvalue weighted by Gasteiger charge is 2.26. The quantitative estimate of drug-likeness (QED) is 0.811. The molecule has 0 fully saturated rings. The zero-order valence-corrected chi connectivity index (χ0v) is 8.34. The monoisotopic (exact) mass is 234 g/mol. The first-order valence-corrected chi connectivity index (χ1v) is 4.26. The van der Waals surface area contributed by atoms with Crippen molar-refractivity contribution in [1.82, 2.24) is 4.98 Å². The van der Waals surface area contributed by atoms with Crippen molar-refractivity contribution in [1.29, 1.82) is 0 Å².